The predicted octanol–water partition coefficient (Wildman–Crippen LogP) is 5.61. The third-order valence-corrected chi connectivity index (χ3v) is 3.11. The van der Waals surface area contributed by atoms with Crippen LogP contribution in [-0.2, 0) is 6.42 Å². The van der Waals surface area contributed by atoms with Gasteiger partial charge < -0.3 is 0 Å². The maximum absolute atomic E-state index is 2.25. The molecule has 2 aromatic rings. The van der Waals surface area contributed by atoms with Gasteiger partial charge in [-0.2, -0.15) is 0 Å². The summed E-state index contributed by atoms with van der Waals surface area (Å²) in [6.45, 7) is 4.50. The van der Waals surface area contributed by atoms with Gasteiger partial charge in [-0.05, 0) is 29.0 Å². The minimum absolute atomic E-state index is 0.713. The van der Waals surface area contributed by atoms with Crippen LogP contribution in [0, 0.1) is 5.92 Å². The molecule has 0 saturated carbocycles. The van der Waals surface area contributed by atoms with Crippen LogP contribution in [0.2, 0.25) is 0 Å². The molecule has 102 valence electrons. The molecule has 0 amide bonds. The molecule has 0 aliphatic heterocycles. The van der Waals surface area contributed by atoms with Crippen LogP contribution < -0.4 is 0 Å². The molecule has 0 aliphatic carbocycles. The molecule has 0 spiro atoms. The molecule has 2 aromatic carbocycles. The van der Waals surface area contributed by atoms with Crippen LogP contribution in [0.15, 0.2) is 66.7 Å². The van der Waals surface area contributed by atoms with E-state index >= 15 is 0 Å². The molecule has 0 bridgehead atoms. The third-order valence-electron chi connectivity index (χ3n) is 3.11. The van der Waals surface area contributed by atoms with Gasteiger partial charge in [0, 0.05) is 0 Å². The summed E-state index contributed by atoms with van der Waals surface area (Å²) in [6, 6.07) is 19.2. The Hall–Kier alpha value is -2.08. The van der Waals surface area contributed by atoms with Crippen molar-refractivity contribution in [3.8, 4) is 0 Å². The number of hydrogen-bond acceptors (Lipinski definition) is 0. The zero-order valence-corrected chi connectivity index (χ0v) is 12.3. The Kier molecular flexibility index (Phi) is 5.37. The van der Waals surface area contributed by atoms with Gasteiger partial charge in [-0.25, -0.2) is 0 Å². The summed E-state index contributed by atoms with van der Waals surface area (Å²) in [4.78, 5) is 0. The molecule has 0 atom stereocenters. The number of allylic oxidation sites excluding steroid dienone is 2. The van der Waals surface area contributed by atoms with E-state index in [0.717, 1.165) is 6.42 Å². The summed E-state index contributed by atoms with van der Waals surface area (Å²) in [7, 11) is 0. The molecule has 20 heavy (non-hydrogen) atoms. The van der Waals surface area contributed by atoms with Crippen molar-refractivity contribution in [2.75, 3.05) is 0 Å². The van der Waals surface area contributed by atoms with E-state index in [1.807, 2.05) is 6.07 Å². The van der Waals surface area contributed by atoms with Crippen molar-refractivity contribution in [1.29, 1.82) is 0 Å². The maximum Gasteiger partial charge on any atom is -0.0256 e. The van der Waals surface area contributed by atoms with Crippen LogP contribution in [-0.4, -0.2) is 0 Å². The van der Waals surface area contributed by atoms with Gasteiger partial charge in [-0.15, -0.1) is 0 Å². The highest BCUT2D eigenvalue weighted by Crippen LogP contribution is 2.11. The molecule has 0 heterocycles. The highest BCUT2D eigenvalue weighted by Gasteiger charge is 1.96. The van der Waals surface area contributed by atoms with Gasteiger partial charge in [-0.3, -0.25) is 0 Å². The van der Waals surface area contributed by atoms with E-state index in [-0.39, 0.29) is 0 Å². The summed E-state index contributed by atoms with van der Waals surface area (Å²) < 4.78 is 0. The summed E-state index contributed by atoms with van der Waals surface area (Å²) in [5, 5.41) is 0. The van der Waals surface area contributed by atoms with Crippen LogP contribution in [0.3, 0.4) is 0 Å². The first kappa shape index (κ1) is 14.3. The number of benzene rings is 2. The quantitative estimate of drug-likeness (QED) is 0.614. The zero-order chi connectivity index (χ0) is 14.2. The van der Waals surface area contributed by atoms with Gasteiger partial charge >= 0.3 is 0 Å². The Bertz CT molecular complexity index is 557. The molecule has 2 rings (SSSR count). The lowest BCUT2D eigenvalue weighted by Gasteiger charge is -2.04. The lowest BCUT2D eigenvalue weighted by atomic mass is 10.0. The van der Waals surface area contributed by atoms with Gasteiger partial charge in [0.25, 0.3) is 0 Å². The van der Waals surface area contributed by atoms with E-state index in [1.54, 1.807) is 0 Å². The first-order valence-corrected chi connectivity index (χ1v) is 7.23. The lowest BCUT2D eigenvalue weighted by molar-refractivity contribution is 0.647. The van der Waals surface area contributed by atoms with E-state index in [1.165, 1.54) is 16.7 Å². The Morgan fingerprint density at radius 3 is 1.85 bits per heavy atom. The van der Waals surface area contributed by atoms with Crippen LogP contribution in [0.1, 0.15) is 30.5 Å². The molecule has 0 unspecified atom stereocenters. The minimum Gasteiger partial charge on any atom is -0.0625 e. The molecule has 0 aliphatic rings. The monoisotopic (exact) mass is 262 g/mol. The first-order chi connectivity index (χ1) is 9.74. The van der Waals surface area contributed by atoms with E-state index in [4.69, 9.17) is 0 Å². The van der Waals surface area contributed by atoms with Crippen molar-refractivity contribution in [1.82, 2.24) is 0 Å². The molecule has 0 aromatic heterocycles. The average Bonchev–Trinajstić information content (AvgIpc) is 2.46. The van der Waals surface area contributed by atoms with Crippen LogP contribution in [0.5, 0.6) is 0 Å². The van der Waals surface area contributed by atoms with E-state index in [9.17, 15) is 0 Å². The Labute approximate surface area is 122 Å². The smallest absolute Gasteiger partial charge is 0.0256 e. The lowest BCUT2D eigenvalue weighted by Crippen LogP contribution is -1.93. The summed E-state index contributed by atoms with van der Waals surface area (Å²) in [5.74, 6) is 0.713. The second kappa shape index (κ2) is 7.49. The summed E-state index contributed by atoms with van der Waals surface area (Å²) in [6.07, 6.45) is 9.57. The molecule has 0 saturated heterocycles. The molecular formula is C20H22. The van der Waals surface area contributed by atoms with Gasteiger partial charge in [0.1, 0.15) is 0 Å². The SMILES string of the molecule is CC(C)Cc1ccc(/C=C/C=C/c2ccccc2)cc1. The fourth-order valence-electron chi connectivity index (χ4n) is 2.13. The molecular weight excluding hydrogens is 240 g/mol. The van der Waals surface area contributed by atoms with Crippen molar-refractivity contribution in [2.24, 2.45) is 5.92 Å². The largest absolute Gasteiger partial charge is 0.0625 e. The molecule has 0 radical (unpaired) electrons. The van der Waals surface area contributed by atoms with Gasteiger partial charge in [0.05, 0.1) is 0 Å². The normalized spacial score (nSPS) is 11.8. The average molecular weight is 262 g/mol. The second-order valence-corrected chi connectivity index (χ2v) is 5.47. The summed E-state index contributed by atoms with van der Waals surface area (Å²) >= 11 is 0. The van der Waals surface area contributed by atoms with Crippen molar-refractivity contribution < 1.29 is 0 Å². The molecule has 0 nitrogen and oxygen atoms in total. The number of hydrogen-bond donors (Lipinski definition) is 0. The van der Waals surface area contributed by atoms with Crippen LogP contribution in [0.25, 0.3) is 12.2 Å². The van der Waals surface area contributed by atoms with Crippen molar-refractivity contribution in [3.05, 3.63) is 83.4 Å². The Morgan fingerprint density at radius 1 is 0.750 bits per heavy atom. The van der Waals surface area contributed by atoms with E-state index in [2.05, 4.69) is 86.7 Å². The predicted molar refractivity (Wildman–Crippen MR) is 89.5 cm³/mol. The van der Waals surface area contributed by atoms with Crippen molar-refractivity contribution in [2.45, 2.75) is 20.3 Å². The van der Waals surface area contributed by atoms with Crippen LogP contribution >= 0.6 is 0 Å². The zero-order valence-electron chi connectivity index (χ0n) is 12.3. The molecule has 0 heteroatoms. The van der Waals surface area contributed by atoms with Crippen molar-refractivity contribution in [3.63, 3.8) is 0 Å². The topological polar surface area (TPSA) is 0 Å². The van der Waals surface area contributed by atoms with Gasteiger partial charge in [0.15, 0.2) is 0 Å². The molecule has 0 fully saturated rings. The first-order valence-electron chi connectivity index (χ1n) is 7.23. The highest BCUT2D eigenvalue weighted by molar-refractivity contribution is 5.57. The van der Waals surface area contributed by atoms with Crippen LogP contribution in [0.4, 0.5) is 0 Å². The van der Waals surface area contributed by atoms with Gasteiger partial charge in [0.2, 0.25) is 0 Å². The second-order valence-electron chi connectivity index (χ2n) is 5.47. The highest BCUT2D eigenvalue weighted by atomic mass is 14.0. The number of rotatable bonds is 5. The Balaban J connectivity index is 1.93. The molecule has 0 N–H and O–H groups in total. The summed E-state index contributed by atoms with van der Waals surface area (Å²) in [5.41, 5.74) is 3.89. The van der Waals surface area contributed by atoms with Crippen molar-refractivity contribution >= 4 is 12.2 Å². The van der Waals surface area contributed by atoms with E-state index in [0.29, 0.717) is 5.92 Å². The third kappa shape index (κ3) is 4.89. The van der Waals surface area contributed by atoms with Gasteiger partial charge in [-0.1, -0.05) is 92.7 Å². The fourth-order valence-corrected chi connectivity index (χ4v) is 2.13. The maximum atomic E-state index is 2.25. The fraction of sp³-hybridized carbons (Fsp3) is 0.200. The van der Waals surface area contributed by atoms with E-state index < -0.39 is 0 Å². The standard InChI is InChI=1S/C20H22/c1-17(2)16-20-14-12-19(13-15-20)11-7-6-10-18-8-4-3-5-9-18/h3-15,17H,16H2,1-2H3/b10-6+,11-7+. The minimum atomic E-state index is 0.713. The Morgan fingerprint density at radius 2 is 1.30 bits per heavy atom.